The number of nitrogens with zero attached hydrogens (tertiary/aromatic N) is 1. The quantitative estimate of drug-likeness (QED) is 0.833. The van der Waals surface area contributed by atoms with E-state index in [0.717, 1.165) is 30.8 Å². The summed E-state index contributed by atoms with van der Waals surface area (Å²) in [5.41, 5.74) is 3.24. The van der Waals surface area contributed by atoms with Gasteiger partial charge in [0.15, 0.2) is 0 Å². The lowest BCUT2D eigenvalue weighted by molar-refractivity contribution is -0.120. The summed E-state index contributed by atoms with van der Waals surface area (Å²) < 4.78 is 0. The number of aromatic nitrogens is 1. The molecule has 112 valence electrons. The van der Waals surface area contributed by atoms with Crippen LogP contribution in [0, 0.1) is 6.92 Å². The summed E-state index contributed by atoms with van der Waals surface area (Å²) in [7, 11) is 0. The van der Waals surface area contributed by atoms with Gasteiger partial charge in [-0.25, -0.2) is 0 Å². The first-order chi connectivity index (χ1) is 8.74. The van der Waals surface area contributed by atoms with Crippen molar-refractivity contribution >= 4 is 30.7 Å². The molecule has 1 amide bonds. The van der Waals surface area contributed by atoms with Crippen LogP contribution in [0.4, 0.5) is 0 Å². The predicted molar refractivity (Wildman–Crippen MR) is 85.8 cm³/mol. The first-order valence-electron chi connectivity index (χ1n) is 6.31. The third-order valence-corrected chi connectivity index (χ3v) is 3.01. The molecule has 1 aromatic heterocycles. The van der Waals surface area contributed by atoms with Crippen molar-refractivity contribution in [1.29, 1.82) is 0 Å². The number of halogens is 2. The Hall–Kier alpha value is -1.10. The van der Waals surface area contributed by atoms with Gasteiger partial charge >= 0.3 is 0 Å². The first kappa shape index (κ1) is 18.9. The maximum atomic E-state index is 11.8. The SMILES string of the molecule is Cc1ccc(CC(=O)NCC2=CCNCC2)cn1.Cl.Cl. The highest BCUT2D eigenvalue weighted by molar-refractivity contribution is 5.85. The van der Waals surface area contributed by atoms with Gasteiger partial charge in [-0.15, -0.1) is 24.8 Å². The summed E-state index contributed by atoms with van der Waals surface area (Å²) in [4.78, 5) is 15.9. The van der Waals surface area contributed by atoms with Gasteiger partial charge in [-0.2, -0.15) is 0 Å². The molecule has 1 aliphatic rings. The van der Waals surface area contributed by atoms with E-state index in [2.05, 4.69) is 21.7 Å². The number of hydrogen-bond donors (Lipinski definition) is 2. The number of pyridine rings is 1. The van der Waals surface area contributed by atoms with E-state index in [-0.39, 0.29) is 30.7 Å². The van der Waals surface area contributed by atoms with Crippen LogP contribution in [0.2, 0.25) is 0 Å². The molecule has 2 rings (SSSR count). The fourth-order valence-electron chi connectivity index (χ4n) is 1.89. The van der Waals surface area contributed by atoms with Crippen molar-refractivity contribution in [1.82, 2.24) is 15.6 Å². The Balaban J connectivity index is 0.00000180. The highest BCUT2D eigenvalue weighted by Gasteiger charge is 2.06. The van der Waals surface area contributed by atoms with Crippen molar-refractivity contribution in [3.8, 4) is 0 Å². The molecule has 0 aliphatic carbocycles. The average Bonchev–Trinajstić information content (AvgIpc) is 2.40. The van der Waals surface area contributed by atoms with Gasteiger partial charge in [0.05, 0.1) is 6.42 Å². The van der Waals surface area contributed by atoms with Crippen molar-refractivity contribution < 1.29 is 4.79 Å². The number of aryl methyl sites for hydroxylation is 1. The summed E-state index contributed by atoms with van der Waals surface area (Å²) in [5.74, 6) is 0.0556. The second-order valence-corrected chi connectivity index (χ2v) is 4.58. The lowest BCUT2D eigenvalue weighted by Gasteiger charge is -2.14. The van der Waals surface area contributed by atoms with Crippen molar-refractivity contribution in [2.24, 2.45) is 0 Å². The Bertz CT molecular complexity index is 446. The van der Waals surface area contributed by atoms with E-state index in [9.17, 15) is 4.79 Å². The Morgan fingerprint density at radius 1 is 1.40 bits per heavy atom. The van der Waals surface area contributed by atoms with Gasteiger partial charge in [0.25, 0.3) is 0 Å². The molecule has 0 spiro atoms. The Kier molecular flexibility index (Phi) is 9.21. The van der Waals surface area contributed by atoms with Crippen LogP contribution < -0.4 is 10.6 Å². The van der Waals surface area contributed by atoms with Crippen LogP contribution in [0.5, 0.6) is 0 Å². The van der Waals surface area contributed by atoms with Crippen LogP contribution in [0.1, 0.15) is 17.7 Å². The van der Waals surface area contributed by atoms with E-state index in [4.69, 9.17) is 0 Å². The first-order valence-corrected chi connectivity index (χ1v) is 6.31. The second-order valence-electron chi connectivity index (χ2n) is 4.58. The highest BCUT2D eigenvalue weighted by atomic mass is 35.5. The Morgan fingerprint density at radius 2 is 2.20 bits per heavy atom. The van der Waals surface area contributed by atoms with Gasteiger partial charge in [0.2, 0.25) is 5.91 Å². The molecule has 0 fully saturated rings. The normalized spacial score (nSPS) is 13.6. The molecule has 0 aromatic carbocycles. The number of hydrogen-bond acceptors (Lipinski definition) is 3. The van der Waals surface area contributed by atoms with E-state index in [1.165, 1.54) is 5.57 Å². The van der Waals surface area contributed by atoms with E-state index in [0.29, 0.717) is 13.0 Å². The van der Waals surface area contributed by atoms with Crippen molar-refractivity contribution in [3.63, 3.8) is 0 Å². The van der Waals surface area contributed by atoms with Crippen LogP contribution in [0.25, 0.3) is 0 Å². The van der Waals surface area contributed by atoms with E-state index >= 15 is 0 Å². The van der Waals surface area contributed by atoms with Gasteiger partial charge < -0.3 is 10.6 Å². The molecule has 0 saturated carbocycles. The van der Waals surface area contributed by atoms with Gasteiger partial charge in [0, 0.05) is 25.0 Å². The molecule has 2 heterocycles. The molecule has 0 unspecified atom stereocenters. The molecule has 20 heavy (non-hydrogen) atoms. The molecule has 1 aromatic rings. The lowest BCUT2D eigenvalue weighted by Crippen LogP contribution is -2.30. The molecule has 0 saturated heterocycles. The third-order valence-electron chi connectivity index (χ3n) is 3.01. The van der Waals surface area contributed by atoms with Gasteiger partial charge in [0.1, 0.15) is 0 Å². The molecule has 0 atom stereocenters. The maximum Gasteiger partial charge on any atom is 0.224 e. The number of nitrogens with one attached hydrogen (secondary N) is 2. The molecule has 0 bridgehead atoms. The van der Waals surface area contributed by atoms with Crippen LogP contribution in [-0.2, 0) is 11.2 Å². The predicted octanol–water partition coefficient (Wildman–Crippen LogP) is 1.81. The van der Waals surface area contributed by atoms with Gasteiger partial charge in [-0.1, -0.05) is 17.7 Å². The smallest absolute Gasteiger partial charge is 0.224 e. The molecule has 4 nitrogen and oxygen atoms in total. The molecular weight excluding hydrogens is 297 g/mol. The van der Waals surface area contributed by atoms with E-state index < -0.39 is 0 Å². The largest absolute Gasteiger partial charge is 0.352 e. The Labute approximate surface area is 132 Å². The number of amides is 1. The number of rotatable bonds is 4. The van der Waals surface area contributed by atoms with Gasteiger partial charge in [-0.05, 0) is 31.5 Å². The summed E-state index contributed by atoms with van der Waals surface area (Å²) in [5, 5.41) is 6.20. The zero-order valence-corrected chi connectivity index (χ0v) is 13.1. The third kappa shape index (κ3) is 6.37. The minimum absolute atomic E-state index is 0. The maximum absolute atomic E-state index is 11.8. The number of carbonyl (C=O) groups excluding carboxylic acids is 1. The standard InChI is InChI=1S/C14H19N3O.2ClH/c1-11-2-3-13(10-16-11)8-14(18)17-9-12-4-6-15-7-5-12;;/h2-4,10,15H,5-9H2,1H3,(H,17,18);2*1H. The molecular formula is C14H21Cl2N3O. The monoisotopic (exact) mass is 317 g/mol. The summed E-state index contributed by atoms with van der Waals surface area (Å²) in [6, 6.07) is 3.88. The highest BCUT2D eigenvalue weighted by Crippen LogP contribution is 2.03. The van der Waals surface area contributed by atoms with Crippen molar-refractivity contribution in [2.45, 2.75) is 19.8 Å². The minimum Gasteiger partial charge on any atom is -0.352 e. The zero-order valence-electron chi connectivity index (χ0n) is 11.5. The van der Waals surface area contributed by atoms with Gasteiger partial charge in [-0.3, -0.25) is 9.78 Å². The fourth-order valence-corrected chi connectivity index (χ4v) is 1.89. The molecule has 0 radical (unpaired) electrons. The second kappa shape index (κ2) is 9.75. The van der Waals surface area contributed by atoms with Crippen LogP contribution in [0.3, 0.4) is 0 Å². The minimum atomic E-state index is 0. The Morgan fingerprint density at radius 3 is 2.80 bits per heavy atom. The fraction of sp³-hybridized carbons (Fsp3) is 0.429. The van der Waals surface area contributed by atoms with Crippen LogP contribution >= 0.6 is 24.8 Å². The van der Waals surface area contributed by atoms with Crippen LogP contribution in [0.15, 0.2) is 30.0 Å². The lowest BCUT2D eigenvalue weighted by atomic mass is 10.1. The average molecular weight is 318 g/mol. The summed E-state index contributed by atoms with van der Waals surface area (Å²) >= 11 is 0. The zero-order chi connectivity index (χ0) is 12.8. The van der Waals surface area contributed by atoms with E-state index in [1.54, 1.807) is 6.20 Å². The summed E-state index contributed by atoms with van der Waals surface area (Å²) in [6.45, 7) is 4.52. The number of carbonyl (C=O) groups is 1. The van der Waals surface area contributed by atoms with E-state index in [1.807, 2.05) is 19.1 Å². The van der Waals surface area contributed by atoms with Crippen molar-refractivity contribution in [2.75, 3.05) is 19.6 Å². The summed E-state index contributed by atoms with van der Waals surface area (Å²) in [6.07, 6.45) is 5.33. The molecule has 1 aliphatic heterocycles. The molecule has 2 N–H and O–H groups in total. The van der Waals surface area contributed by atoms with Crippen LogP contribution in [-0.4, -0.2) is 30.5 Å². The molecule has 6 heteroatoms. The topological polar surface area (TPSA) is 54.0 Å². The van der Waals surface area contributed by atoms with Crippen molar-refractivity contribution in [3.05, 3.63) is 41.2 Å².